The molecule has 0 unspecified atom stereocenters. The van der Waals surface area contributed by atoms with Gasteiger partial charge in [-0.15, -0.1) is 11.3 Å². The third kappa shape index (κ3) is 3.20. The lowest BCUT2D eigenvalue weighted by atomic mass is 10.2. The van der Waals surface area contributed by atoms with Gasteiger partial charge in [0, 0.05) is 11.6 Å². The summed E-state index contributed by atoms with van der Waals surface area (Å²) in [6, 6.07) is 5.47. The number of rotatable bonds is 4. The fourth-order valence-corrected chi connectivity index (χ4v) is 2.24. The van der Waals surface area contributed by atoms with Crippen LogP contribution >= 0.6 is 11.3 Å². The second-order valence-corrected chi connectivity index (χ2v) is 4.93. The minimum absolute atomic E-state index is 0.0418. The van der Waals surface area contributed by atoms with Gasteiger partial charge in [-0.1, -0.05) is 0 Å². The maximum absolute atomic E-state index is 13.4. The molecule has 0 atom stereocenters. The fourth-order valence-electron chi connectivity index (χ4n) is 1.50. The number of nitrogens with one attached hydrogen (secondary N) is 1. The SMILES string of the molecule is O=C(Nc1ccc(C(=O)O)s1)c1ccc([N+](=O)[O-])c(F)c1. The first kappa shape index (κ1) is 14.6. The van der Waals surface area contributed by atoms with E-state index in [9.17, 15) is 24.1 Å². The first-order valence-electron chi connectivity index (χ1n) is 5.47. The van der Waals surface area contributed by atoms with Crippen molar-refractivity contribution < 1.29 is 24.0 Å². The smallest absolute Gasteiger partial charge is 0.345 e. The van der Waals surface area contributed by atoms with E-state index in [4.69, 9.17) is 5.11 Å². The standard InChI is InChI=1S/C12H7FN2O5S/c13-7-5-6(1-2-8(7)15(19)20)11(16)14-10-4-3-9(21-10)12(17)18/h1-5H,(H,14,16)(H,17,18). The highest BCUT2D eigenvalue weighted by Gasteiger charge is 2.17. The van der Waals surface area contributed by atoms with E-state index < -0.39 is 28.3 Å². The van der Waals surface area contributed by atoms with Gasteiger partial charge in [-0.2, -0.15) is 4.39 Å². The molecule has 108 valence electrons. The molecule has 0 bridgehead atoms. The summed E-state index contributed by atoms with van der Waals surface area (Å²) >= 11 is 0.843. The maximum atomic E-state index is 13.4. The van der Waals surface area contributed by atoms with E-state index in [1.54, 1.807) is 0 Å². The minimum Gasteiger partial charge on any atom is -0.477 e. The quantitative estimate of drug-likeness (QED) is 0.666. The molecule has 0 spiro atoms. The summed E-state index contributed by atoms with van der Waals surface area (Å²) < 4.78 is 13.4. The van der Waals surface area contributed by atoms with Crippen LogP contribution in [0, 0.1) is 15.9 Å². The molecule has 2 rings (SSSR count). The van der Waals surface area contributed by atoms with Crippen molar-refractivity contribution in [2.75, 3.05) is 5.32 Å². The summed E-state index contributed by atoms with van der Waals surface area (Å²) in [5.41, 5.74) is -0.834. The fraction of sp³-hybridized carbons (Fsp3) is 0. The number of nitro groups is 1. The van der Waals surface area contributed by atoms with E-state index in [1.807, 2.05) is 0 Å². The monoisotopic (exact) mass is 310 g/mol. The lowest BCUT2D eigenvalue weighted by Crippen LogP contribution is -2.11. The summed E-state index contributed by atoms with van der Waals surface area (Å²) in [5, 5.41) is 21.9. The van der Waals surface area contributed by atoms with Gasteiger partial charge in [0.2, 0.25) is 5.82 Å². The van der Waals surface area contributed by atoms with Crippen LogP contribution in [0.4, 0.5) is 15.1 Å². The molecule has 2 N–H and O–H groups in total. The molecule has 9 heteroatoms. The Bertz CT molecular complexity index is 743. The topological polar surface area (TPSA) is 110 Å². The molecular formula is C12H7FN2O5S. The molecular weight excluding hydrogens is 303 g/mol. The van der Waals surface area contributed by atoms with Gasteiger partial charge in [0.15, 0.2) is 0 Å². The highest BCUT2D eigenvalue weighted by molar-refractivity contribution is 7.18. The Morgan fingerprint density at radius 3 is 2.52 bits per heavy atom. The van der Waals surface area contributed by atoms with Crippen LogP contribution in [-0.4, -0.2) is 21.9 Å². The van der Waals surface area contributed by atoms with Crippen molar-refractivity contribution in [3.8, 4) is 0 Å². The number of carboxylic acids is 1. The second kappa shape index (κ2) is 5.67. The summed E-state index contributed by atoms with van der Waals surface area (Å²) in [4.78, 5) is 32.2. The maximum Gasteiger partial charge on any atom is 0.345 e. The molecule has 2 aromatic rings. The van der Waals surface area contributed by atoms with Gasteiger partial charge >= 0.3 is 11.7 Å². The molecule has 1 heterocycles. The van der Waals surface area contributed by atoms with E-state index in [2.05, 4.69) is 5.32 Å². The Morgan fingerprint density at radius 1 is 1.29 bits per heavy atom. The number of amides is 1. The number of carbonyl (C=O) groups is 2. The average molecular weight is 310 g/mol. The van der Waals surface area contributed by atoms with E-state index in [0.29, 0.717) is 0 Å². The van der Waals surface area contributed by atoms with E-state index in [1.165, 1.54) is 12.1 Å². The number of aromatic carboxylic acids is 1. The number of anilines is 1. The van der Waals surface area contributed by atoms with Crippen LogP contribution < -0.4 is 5.32 Å². The number of carboxylic acid groups (broad SMARTS) is 1. The molecule has 0 radical (unpaired) electrons. The number of hydrogen-bond donors (Lipinski definition) is 2. The molecule has 21 heavy (non-hydrogen) atoms. The van der Waals surface area contributed by atoms with E-state index >= 15 is 0 Å². The zero-order chi connectivity index (χ0) is 15.6. The summed E-state index contributed by atoms with van der Waals surface area (Å²) in [6.07, 6.45) is 0. The number of nitro benzene ring substituents is 1. The highest BCUT2D eigenvalue weighted by atomic mass is 32.1. The third-order valence-electron chi connectivity index (χ3n) is 2.46. The van der Waals surface area contributed by atoms with Crippen LogP contribution in [0.15, 0.2) is 30.3 Å². The number of halogens is 1. The number of nitrogens with zero attached hydrogens (tertiary/aromatic N) is 1. The largest absolute Gasteiger partial charge is 0.477 e. The van der Waals surface area contributed by atoms with Crippen molar-refractivity contribution in [2.45, 2.75) is 0 Å². The Hall–Kier alpha value is -2.81. The van der Waals surface area contributed by atoms with Crippen LogP contribution in [0.1, 0.15) is 20.0 Å². The van der Waals surface area contributed by atoms with Gasteiger partial charge in [-0.05, 0) is 24.3 Å². The van der Waals surface area contributed by atoms with Crippen LogP contribution in [-0.2, 0) is 0 Å². The van der Waals surface area contributed by atoms with Crippen LogP contribution in [0.5, 0.6) is 0 Å². The first-order valence-corrected chi connectivity index (χ1v) is 6.28. The van der Waals surface area contributed by atoms with Gasteiger partial charge in [-0.3, -0.25) is 14.9 Å². The molecule has 0 aliphatic heterocycles. The number of carbonyl (C=O) groups excluding carboxylic acids is 1. The molecule has 0 fully saturated rings. The predicted molar refractivity (Wildman–Crippen MR) is 72.3 cm³/mol. The van der Waals surface area contributed by atoms with Crippen LogP contribution in [0.25, 0.3) is 0 Å². The lowest BCUT2D eigenvalue weighted by molar-refractivity contribution is -0.387. The normalized spacial score (nSPS) is 10.1. The number of hydrogen-bond acceptors (Lipinski definition) is 5. The van der Waals surface area contributed by atoms with Crippen molar-refractivity contribution >= 4 is 33.9 Å². The molecule has 0 aliphatic carbocycles. The zero-order valence-corrected chi connectivity index (χ0v) is 11.0. The molecule has 0 saturated heterocycles. The summed E-state index contributed by atoms with van der Waals surface area (Å²) in [7, 11) is 0. The van der Waals surface area contributed by atoms with Gasteiger partial charge < -0.3 is 10.4 Å². The molecule has 1 aromatic heterocycles. The van der Waals surface area contributed by atoms with Gasteiger partial charge in [0.25, 0.3) is 5.91 Å². The van der Waals surface area contributed by atoms with Crippen molar-refractivity contribution in [1.82, 2.24) is 0 Å². The average Bonchev–Trinajstić information content (AvgIpc) is 2.86. The predicted octanol–water partition coefficient (Wildman–Crippen LogP) is 2.75. The van der Waals surface area contributed by atoms with Crippen molar-refractivity contribution in [1.29, 1.82) is 0 Å². The molecule has 0 saturated carbocycles. The highest BCUT2D eigenvalue weighted by Crippen LogP contribution is 2.23. The van der Waals surface area contributed by atoms with Gasteiger partial charge in [0.1, 0.15) is 4.88 Å². The second-order valence-electron chi connectivity index (χ2n) is 3.85. The Labute approximate surface area is 120 Å². The van der Waals surface area contributed by atoms with Crippen molar-refractivity contribution in [3.63, 3.8) is 0 Å². The number of thiophene rings is 1. The lowest BCUT2D eigenvalue weighted by Gasteiger charge is -2.02. The first-order chi connectivity index (χ1) is 9.88. The van der Waals surface area contributed by atoms with E-state index in [0.717, 1.165) is 29.5 Å². The molecule has 1 amide bonds. The van der Waals surface area contributed by atoms with Crippen LogP contribution in [0.3, 0.4) is 0 Å². The van der Waals surface area contributed by atoms with Crippen LogP contribution in [0.2, 0.25) is 0 Å². The molecule has 0 aliphatic rings. The van der Waals surface area contributed by atoms with E-state index in [-0.39, 0.29) is 15.4 Å². The Morgan fingerprint density at radius 2 is 2.00 bits per heavy atom. The van der Waals surface area contributed by atoms with Crippen molar-refractivity contribution in [2.24, 2.45) is 0 Å². The summed E-state index contributed by atoms with van der Waals surface area (Å²) in [5.74, 6) is -2.94. The van der Waals surface area contributed by atoms with Gasteiger partial charge in [-0.25, -0.2) is 4.79 Å². The summed E-state index contributed by atoms with van der Waals surface area (Å²) in [6.45, 7) is 0. The third-order valence-corrected chi connectivity index (χ3v) is 3.45. The zero-order valence-electron chi connectivity index (χ0n) is 10.2. The van der Waals surface area contributed by atoms with Gasteiger partial charge in [0.05, 0.1) is 9.92 Å². The number of benzene rings is 1. The molecule has 1 aromatic carbocycles. The van der Waals surface area contributed by atoms with Crippen molar-refractivity contribution in [3.05, 3.63) is 56.7 Å². The Balaban J connectivity index is 2.18. The minimum atomic E-state index is -1.12. The Kier molecular flexibility index (Phi) is 3.94. The molecule has 7 nitrogen and oxygen atoms in total.